The van der Waals surface area contributed by atoms with E-state index in [0.717, 1.165) is 5.69 Å². The molecule has 120 valence electrons. The molecule has 0 aromatic carbocycles. The van der Waals surface area contributed by atoms with E-state index in [9.17, 15) is 9.90 Å². The van der Waals surface area contributed by atoms with Crippen LogP contribution in [0.2, 0.25) is 0 Å². The molecule has 2 aromatic rings. The van der Waals surface area contributed by atoms with Gasteiger partial charge in [0.1, 0.15) is 0 Å². The maximum Gasteiger partial charge on any atom is 0.228 e. The summed E-state index contributed by atoms with van der Waals surface area (Å²) in [6.45, 7) is 0.892. The number of hydrogen-bond acceptors (Lipinski definition) is 6. The Kier molecular flexibility index (Phi) is 4.77. The summed E-state index contributed by atoms with van der Waals surface area (Å²) in [5.41, 5.74) is 0.741. The Balaban J connectivity index is 1.54. The molecule has 0 aliphatic carbocycles. The largest absolute Gasteiger partial charge is 0.389 e. The number of likely N-dealkylation sites (tertiary alicyclic amines) is 1. The first-order valence-electron chi connectivity index (χ1n) is 7.61. The number of hydrogen-bond donors (Lipinski definition) is 2. The van der Waals surface area contributed by atoms with Crippen LogP contribution in [0.25, 0.3) is 0 Å². The van der Waals surface area contributed by atoms with Crippen LogP contribution in [0.15, 0.2) is 42.9 Å². The topological polar surface area (TPSA) is 91.2 Å². The lowest BCUT2D eigenvalue weighted by Crippen LogP contribution is -2.52. The Morgan fingerprint density at radius 3 is 2.70 bits per heavy atom. The highest BCUT2D eigenvalue weighted by Gasteiger charge is 2.30. The summed E-state index contributed by atoms with van der Waals surface area (Å²) in [6, 6.07) is 7.09. The van der Waals surface area contributed by atoms with Gasteiger partial charge in [-0.25, -0.2) is 9.97 Å². The highest BCUT2D eigenvalue weighted by molar-refractivity contribution is 5.78. The van der Waals surface area contributed by atoms with Gasteiger partial charge >= 0.3 is 0 Å². The number of β-amino-alcohol motifs (C(OH)–C–C–N with tert-alkyl or cyclic N) is 1. The third-order valence-corrected chi connectivity index (χ3v) is 3.87. The van der Waals surface area contributed by atoms with Crippen LogP contribution in [0.5, 0.6) is 0 Å². The van der Waals surface area contributed by atoms with Crippen molar-refractivity contribution in [2.75, 3.05) is 18.4 Å². The van der Waals surface area contributed by atoms with Gasteiger partial charge in [-0.3, -0.25) is 9.78 Å². The van der Waals surface area contributed by atoms with Gasteiger partial charge in [-0.15, -0.1) is 0 Å². The van der Waals surface area contributed by atoms with E-state index in [1.165, 1.54) is 0 Å². The Labute approximate surface area is 134 Å². The molecule has 0 unspecified atom stereocenters. The maximum absolute atomic E-state index is 12.3. The number of carbonyl (C=O) groups excluding carboxylic acids is 1. The monoisotopic (exact) mass is 313 g/mol. The first-order chi connectivity index (χ1) is 11.2. The number of nitrogens with one attached hydrogen (secondary N) is 1. The lowest BCUT2D eigenvalue weighted by atomic mass is 10.0. The van der Waals surface area contributed by atoms with Crippen LogP contribution in [-0.2, 0) is 11.2 Å². The average Bonchev–Trinajstić information content (AvgIpc) is 2.58. The van der Waals surface area contributed by atoms with Gasteiger partial charge in [0.05, 0.1) is 18.6 Å². The summed E-state index contributed by atoms with van der Waals surface area (Å²) in [5, 5.41) is 13.4. The Morgan fingerprint density at radius 2 is 2.00 bits per heavy atom. The minimum absolute atomic E-state index is 0.0165. The molecule has 1 aliphatic heterocycles. The zero-order valence-electron chi connectivity index (χ0n) is 12.7. The van der Waals surface area contributed by atoms with Crippen molar-refractivity contribution in [1.82, 2.24) is 19.9 Å². The van der Waals surface area contributed by atoms with Crippen LogP contribution < -0.4 is 5.32 Å². The van der Waals surface area contributed by atoms with Crippen LogP contribution >= 0.6 is 0 Å². The highest BCUT2D eigenvalue weighted by Crippen LogP contribution is 2.15. The van der Waals surface area contributed by atoms with Crippen LogP contribution in [0.4, 0.5) is 5.95 Å². The number of rotatable bonds is 4. The molecule has 0 saturated carbocycles. The fraction of sp³-hybridized carbons (Fsp3) is 0.375. The molecule has 1 amide bonds. The van der Waals surface area contributed by atoms with Gasteiger partial charge in [0.25, 0.3) is 0 Å². The summed E-state index contributed by atoms with van der Waals surface area (Å²) >= 11 is 0. The Morgan fingerprint density at radius 1 is 1.22 bits per heavy atom. The molecule has 2 aromatic heterocycles. The molecule has 1 fully saturated rings. The SMILES string of the molecule is O=C(Cc1ccccn1)N1CC[C@@H](Nc2ncccn2)[C@H](O)C1. The fourth-order valence-electron chi connectivity index (χ4n) is 2.64. The summed E-state index contributed by atoms with van der Waals surface area (Å²) in [5.74, 6) is 0.474. The summed E-state index contributed by atoms with van der Waals surface area (Å²) in [6.07, 6.45) is 5.22. The van der Waals surface area contributed by atoms with E-state index in [1.807, 2.05) is 18.2 Å². The lowest BCUT2D eigenvalue weighted by molar-refractivity contribution is -0.133. The third kappa shape index (κ3) is 4.01. The molecular formula is C16H19N5O2. The van der Waals surface area contributed by atoms with Crippen molar-refractivity contribution in [2.45, 2.75) is 25.0 Å². The van der Waals surface area contributed by atoms with E-state index >= 15 is 0 Å². The molecule has 2 atom stereocenters. The molecular weight excluding hydrogens is 294 g/mol. The molecule has 2 N–H and O–H groups in total. The highest BCUT2D eigenvalue weighted by atomic mass is 16.3. The number of aromatic nitrogens is 3. The normalized spacial score (nSPS) is 21.0. The van der Waals surface area contributed by atoms with Gasteiger partial charge in [0.2, 0.25) is 11.9 Å². The zero-order chi connectivity index (χ0) is 16.1. The number of anilines is 1. The number of carbonyl (C=O) groups is 1. The molecule has 1 saturated heterocycles. The molecule has 3 rings (SSSR count). The summed E-state index contributed by atoms with van der Waals surface area (Å²) in [4.78, 5) is 26.3. The number of nitrogens with zero attached hydrogens (tertiary/aromatic N) is 4. The maximum atomic E-state index is 12.3. The summed E-state index contributed by atoms with van der Waals surface area (Å²) in [7, 11) is 0. The first-order valence-corrected chi connectivity index (χ1v) is 7.61. The van der Waals surface area contributed by atoms with Gasteiger partial charge in [-0.1, -0.05) is 6.07 Å². The number of piperidine rings is 1. The van der Waals surface area contributed by atoms with Gasteiger partial charge in [0, 0.05) is 37.4 Å². The molecule has 1 aliphatic rings. The van der Waals surface area contributed by atoms with E-state index < -0.39 is 6.10 Å². The van der Waals surface area contributed by atoms with Gasteiger partial charge in [0.15, 0.2) is 0 Å². The first kappa shape index (κ1) is 15.4. The van der Waals surface area contributed by atoms with Crippen molar-refractivity contribution in [2.24, 2.45) is 0 Å². The van der Waals surface area contributed by atoms with Crippen molar-refractivity contribution in [3.63, 3.8) is 0 Å². The smallest absolute Gasteiger partial charge is 0.228 e. The third-order valence-electron chi connectivity index (χ3n) is 3.87. The second-order valence-corrected chi connectivity index (χ2v) is 5.52. The summed E-state index contributed by atoms with van der Waals surface area (Å²) < 4.78 is 0. The van der Waals surface area contributed by atoms with Crippen molar-refractivity contribution in [3.05, 3.63) is 48.5 Å². The number of amides is 1. The van der Waals surface area contributed by atoms with Crippen molar-refractivity contribution >= 4 is 11.9 Å². The van der Waals surface area contributed by atoms with Gasteiger partial charge in [-0.05, 0) is 24.6 Å². The number of pyridine rings is 1. The molecule has 7 nitrogen and oxygen atoms in total. The van der Waals surface area contributed by atoms with E-state index in [4.69, 9.17) is 0 Å². The van der Waals surface area contributed by atoms with Crippen molar-refractivity contribution < 1.29 is 9.90 Å². The predicted octanol–water partition coefficient (Wildman–Crippen LogP) is 0.488. The molecule has 0 radical (unpaired) electrons. The Hall–Kier alpha value is -2.54. The number of aliphatic hydroxyl groups is 1. The van der Waals surface area contributed by atoms with E-state index in [-0.39, 0.29) is 18.4 Å². The quantitative estimate of drug-likeness (QED) is 0.853. The van der Waals surface area contributed by atoms with E-state index in [1.54, 1.807) is 29.6 Å². The molecule has 7 heteroatoms. The molecule has 23 heavy (non-hydrogen) atoms. The van der Waals surface area contributed by atoms with Gasteiger partial charge < -0.3 is 15.3 Å². The van der Waals surface area contributed by atoms with Crippen LogP contribution in [-0.4, -0.2) is 56.1 Å². The molecule has 3 heterocycles. The van der Waals surface area contributed by atoms with E-state index in [0.29, 0.717) is 25.5 Å². The standard InChI is InChI=1S/C16H19N5O2/c22-14-11-21(15(23)10-12-4-1-2-6-17-12)9-5-13(14)20-16-18-7-3-8-19-16/h1-4,6-8,13-14,22H,5,9-11H2,(H,18,19,20)/t13-,14-/m1/s1. The minimum atomic E-state index is -0.653. The van der Waals surface area contributed by atoms with E-state index in [2.05, 4.69) is 20.3 Å². The molecule has 0 spiro atoms. The Bertz CT molecular complexity index is 637. The van der Waals surface area contributed by atoms with Crippen molar-refractivity contribution in [1.29, 1.82) is 0 Å². The van der Waals surface area contributed by atoms with Crippen LogP contribution in [0.3, 0.4) is 0 Å². The van der Waals surface area contributed by atoms with Crippen LogP contribution in [0.1, 0.15) is 12.1 Å². The second kappa shape index (κ2) is 7.15. The average molecular weight is 313 g/mol. The minimum Gasteiger partial charge on any atom is -0.389 e. The lowest BCUT2D eigenvalue weighted by Gasteiger charge is -2.36. The predicted molar refractivity (Wildman–Crippen MR) is 84.6 cm³/mol. The molecule has 0 bridgehead atoms. The number of aliphatic hydroxyl groups excluding tert-OH is 1. The van der Waals surface area contributed by atoms with Crippen LogP contribution in [0, 0.1) is 0 Å². The van der Waals surface area contributed by atoms with Gasteiger partial charge in [-0.2, -0.15) is 0 Å². The van der Waals surface area contributed by atoms with Crippen molar-refractivity contribution in [3.8, 4) is 0 Å². The zero-order valence-corrected chi connectivity index (χ0v) is 12.7. The second-order valence-electron chi connectivity index (χ2n) is 5.52. The fourth-order valence-corrected chi connectivity index (χ4v) is 2.64.